The highest BCUT2D eigenvalue weighted by molar-refractivity contribution is 7.92. The molecule has 8 nitrogen and oxygen atoms in total. The molecule has 2 fully saturated rings. The Kier molecular flexibility index (Phi) is 5.26. The first-order valence-electron chi connectivity index (χ1n) is 12.6. The van der Waals surface area contributed by atoms with Gasteiger partial charge in [0.05, 0.1) is 34.8 Å². The van der Waals surface area contributed by atoms with Gasteiger partial charge in [-0.3, -0.25) is 14.5 Å². The first-order valence-corrected chi connectivity index (χ1v) is 14.5. The number of fused-ring (bicyclic) bond motifs is 4. The molecule has 188 valence electrons. The molecule has 9 heteroatoms. The number of carbonyl (C=O) groups excluding carboxylic acids is 1. The molecule has 1 saturated heterocycles. The largest absolute Gasteiger partial charge is 0.355 e. The third-order valence-electron chi connectivity index (χ3n) is 8.19. The Labute approximate surface area is 211 Å². The highest BCUT2D eigenvalue weighted by atomic mass is 32.2. The Bertz CT molecular complexity index is 1490. The molecule has 0 radical (unpaired) electrons. The van der Waals surface area contributed by atoms with Crippen molar-refractivity contribution in [3.63, 3.8) is 0 Å². The molecule has 0 bridgehead atoms. The number of likely N-dealkylation sites (N-methyl/N-ethyl adjacent to an activating group) is 1. The van der Waals surface area contributed by atoms with Crippen LogP contribution in [-0.2, 0) is 20.2 Å². The minimum absolute atomic E-state index is 0.157. The number of nitrogens with one attached hydrogen (secondary N) is 1. The Morgan fingerprint density at radius 1 is 1.06 bits per heavy atom. The molecule has 1 spiro atoms. The van der Waals surface area contributed by atoms with Crippen molar-refractivity contribution >= 4 is 44.0 Å². The summed E-state index contributed by atoms with van der Waals surface area (Å²) >= 11 is 0. The maximum absolute atomic E-state index is 13.2. The smallest absolute Gasteiger partial charge is 0.237 e. The number of sulfonamides is 1. The number of carbonyl (C=O) groups is 1. The number of aromatic nitrogens is 2. The van der Waals surface area contributed by atoms with Gasteiger partial charge in [-0.15, -0.1) is 0 Å². The van der Waals surface area contributed by atoms with Crippen LogP contribution in [-0.4, -0.2) is 50.7 Å². The second kappa shape index (κ2) is 8.16. The molecule has 3 aromatic rings. The lowest BCUT2D eigenvalue weighted by atomic mass is 9.64. The zero-order valence-corrected chi connectivity index (χ0v) is 21.7. The van der Waals surface area contributed by atoms with Crippen molar-refractivity contribution in [2.75, 3.05) is 40.9 Å². The van der Waals surface area contributed by atoms with Gasteiger partial charge in [0.2, 0.25) is 15.9 Å². The minimum atomic E-state index is -3.48. The van der Waals surface area contributed by atoms with Gasteiger partial charge in [-0.1, -0.05) is 19.4 Å². The molecule has 1 saturated carbocycles. The van der Waals surface area contributed by atoms with Gasteiger partial charge in [-0.05, 0) is 55.4 Å². The Hall–Kier alpha value is -3.20. The monoisotopic (exact) mass is 505 g/mol. The van der Waals surface area contributed by atoms with Gasteiger partial charge in [0.1, 0.15) is 0 Å². The summed E-state index contributed by atoms with van der Waals surface area (Å²) in [4.78, 5) is 26.5. The molecule has 2 aromatic heterocycles. The molecule has 1 amide bonds. The fraction of sp³-hybridized carbons (Fsp3) is 0.444. The number of rotatable bonds is 4. The number of piperidine rings is 1. The van der Waals surface area contributed by atoms with Crippen molar-refractivity contribution < 1.29 is 13.2 Å². The number of amides is 1. The van der Waals surface area contributed by atoms with E-state index < -0.39 is 15.4 Å². The molecule has 2 aliphatic heterocycles. The van der Waals surface area contributed by atoms with Crippen LogP contribution in [0.4, 0.5) is 17.2 Å². The fourth-order valence-electron chi connectivity index (χ4n) is 6.01. The standard InChI is InChI=1S/C27H31N5O3S/c1-17-7-11-32(12-8-17)25-22(30-36(3,34)35)14-19(15-29-25)18-5-6-21-20(13-18)24-23(16-28-21)31(2)26(33)27(24)9-4-10-27/h5-6,13-17,30H,4,7-12H2,1-3H3. The third-order valence-corrected chi connectivity index (χ3v) is 8.78. The van der Waals surface area contributed by atoms with Crippen LogP contribution < -0.4 is 14.5 Å². The van der Waals surface area contributed by atoms with E-state index in [9.17, 15) is 13.2 Å². The normalized spacial score (nSPS) is 19.6. The van der Waals surface area contributed by atoms with Gasteiger partial charge in [-0.25, -0.2) is 13.4 Å². The van der Waals surface area contributed by atoms with Gasteiger partial charge in [0.15, 0.2) is 5.82 Å². The molecule has 1 aromatic carbocycles. The Morgan fingerprint density at radius 3 is 2.47 bits per heavy atom. The number of pyridine rings is 2. The fourth-order valence-corrected chi connectivity index (χ4v) is 6.56. The van der Waals surface area contributed by atoms with Crippen LogP contribution >= 0.6 is 0 Å². The van der Waals surface area contributed by atoms with E-state index in [-0.39, 0.29) is 5.91 Å². The molecule has 0 atom stereocenters. The zero-order chi connectivity index (χ0) is 25.2. The predicted molar refractivity (Wildman–Crippen MR) is 143 cm³/mol. The summed E-state index contributed by atoms with van der Waals surface area (Å²) in [5.74, 6) is 1.48. The van der Waals surface area contributed by atoms with Gasteiger partial charge in [0, 0.05) is 42.8 Å². The topological polar surface area (TPSA) is 95.5 Å². The van der Waals surface area contributed by atoms with E-state index in [0.29, 0.717) is 17.4 Å². The summed E-state index contributed by atoms with van der Waals surface area (Å²) < 4.78 is 27.1. The predicted octanol–water partition coefficient (Wildman–Crippen LogP) is 4.30. The van der Waals surface area contributed by atoms with Gasteiger partial charge in [-0.2, -0.15) is 0 Å². The number of benzene rings is 1. The summed E-state index contributed by atoms with van der Waals surface area (Å²) in [7, 11) is -1.65. The van der Waals surface area contributed by atoms with E-state index >= 15 is 0 Å². The molecule has 6 rings (SSSR count). The molecular formula is C27H31N5O3S. The lowest BCUT2D eigenvalue weighted by Crippen LogP contribution is -2.43. The summed E-state index contributed by atoms with van der Waals surface area (Å²) in [6, 6.07) is 7.91. The summed E-state index contributed by atoms with van der Waals surface area (Å²) in [6.07, 6.45) is 9.67. The molecule has 1 aliphatic carbocycles. The van der Waals surface area contributed by atoms with Gasteiger partial charge < -0.3 is 9.80 Å². The molecule has 0 unspecified atom stereocenters. The third kappa shape index (κ3) is 3.63. The van der Waals surface area contributed by atoms with Crippen LogP contribution in [0.2, 0.25) is 0 Å². The number of nitrogens with zero attached hydrogens (tertiary/aromatic N) is 4. The number of hydrogen-bond donors (Lipinski definition) is 1. The van der Waals surface area contributed by atoms with Crippen molar-refractivity contribution in [1.82, 2.24) is 9.97 Å². The van der Waals surface area contributed by atoms with Crippen molar-refractivity contribution in [3.05, 3.63) is 42.2 Å². The van der Waals surface area contributed by atoms with Crippen molar-refractivity contribution in [1.29, 1.82) is 0 Å². The van der Waals surface area contributed by atoms with E-state index in [1.54, 1.807) is 4.90 Å². The van der Waals surface area contributed by atoms with E-state index in [4.69, 9.17) is 4.98 Å². The van der Waals surface area contributed by atoms with Crippen LogP contribution in [0.25, 0.3) is 22.0 Å². The molecular weight excluding hydrogens is 474 g/mol. The van der Waals surface area contributed by atoms with Crippen molar-refractivity contribution in [2.24, 2.45) is 5.92 Å². The quantitative estimate of drug-likeness (QED) is 0.568. The minimum Gasteiger partial charge on any atom is -0.355 e. The van der Waals surface area contributed by atoms with Gasteiger partial charge in [0.25, 0.3) is 0 Å². The maximum atomic E-state index is 13.2. The number of hydrogen-bond acceptors (Lipinski definition) is 6. The summed E-state index contributed by atoms with van der Waals surface area (Å²) in [5, 5.41) is 0.981. The van der Waals surface area contributed by atoms with E-state index in [2.05, 4.69) is 27.6 Å². The average Bonchev–Trinajstić information content (AvgIpc) is 3.06. The number of anilines is 3. The molecule has 36 heavy (non-hydrogen) atoms. The highest BCUT2D eigenvalue weighted by Crippen LogP contribution is 2.55. The average molecular weight is 506 g/mol. The van der Waals surface area contributed by atoms with Crippen LogP contribution in [0.3, 0.4) is 0 Å². The Morgan fingerprint density at radius 2 is 1.81 bits per heavy atom. The first-order chi connectivity index (χ1) is 17.2. The van der Waals surface area contributed by atoms with E-state index in [1.165, 1.54) is 0 Å². The molecule has 1 N–H and O–H groups in total. The highest BCUT2D eigenvalue weighted by Gasteiger charge is 2.54. The van der Waals surface area contributed by atoms with E-state index in [0.717, 1.165) is 84.7 Å². The summed E-state index contributed by atoms with van der Waals surface area (Å²) in [5.41, 5.74) is 4.60. The van der Waals surface area contributed by atoms with Crippen LogP contribution in [0.1, 0.15) is 44.6 Å². The van der Waals surface area contributed by atoms with Crippen LogP contribution in [0.5, 0.6) is 0 Å². The lowest BCUT2D eigenvalue weighted by molar-refractivity contribution is -0.125. The summed E-state index contributed by atoms with van der Waals surface area (Å²) in [6.45, 7) is 3.95. The second-order valence-corrected chi connectivity index (χ2v) is 12.4. The van der Waals surface area contributed by atoms with Crippen LogP contribution in [0.15, 0.2) is 36.7 Å². The van der Waals surface area contributed by atoms with Crippen LogP contribution in [0, 0.1) is 5.92 Å². The van der Waals surface area contributed by atoms with Crippen molar-refractivity contribution in [3.8, 4) is 11.1 Å². The van der Waals surface area contributed by atoms with E-state index in [1.807, 2.05) is 37.6 Å². The Balaban J connectivity index is 1.46. The molecule has 4 heterocycles. The zero-order valence-electron chi connectivity index (χ0n) is 20.9. The lowest BCUT2D eigenvalue weighted by Gasteiger charge is -2.37. The maximum Gasteiger partial charge on any atom is 0.237 e. The second-order valence-electron chi connectivity index (χ2n) is 10.7. The van der Waals surface area contributed by atoms with Crippen molar-refractivity contribution in [2.45, 2.75) is 44.4 Å². The first kappa shape index (κ1) is 23.2. The van der Waals surface area contributed by atoms with Gasteiger partial charge >= 0.3 is 0 Å². The molecule has 3 aliphatic rings. The SMILES string of the molecule is CC1CCN(c2ncc(-c3ccc4ncc5c(c4c3)C3(CCC3)C(=O)N5C)cc2NS(C)(=O)=O)CC1.